The highest BCUT2D eigenvalue weighted by Gasteiger charge is 2.37. The molecule has 2 amide bonds. The smallest absolute Gasteiger partial charge is 0.443 e. The largest absolute Gasteiger partial charge is 0.508 e. The van der Waals surface area contributed by atoms with E-state index in [1.807, 2.05) is 0 Å². The van der Waals surface area contributed by atoms with Crippen molar-refractivity contribution in [1.29, 1.82) is 0 Å². The first-order valence-electron chi connectivity index (χ1n) is 10.3. The van der Waals surface area contributed by atoms with Crippen LogP contribution in [0.25, 0.3) is 0 Å². The van der Waals surface area contributed by atoms with E-state index in [0.29, 0.717) is 10.6 Å². The van der Waals surface area contributed by atoms with Gasteiger partial charge in [0.15, 0.2) is 0 Å². The van der Waals surface area contributed by atoms with Crippen LogP contribution in [0.3, 0.4) is 0 Å². The third kappa shape index (κ3) is 9.15. The van der Waals surface area contributed by atoms with Crippen LogP contribution in [0.1, 0.15) is 81.9 Å². The van der Waals surface area contributed by atoms with Gasteiger partial charge in [-0.15, -0.1) is 4.90 Å². The first kappa shape index (κ1) is 27.3. The molecule has 0 atom stereocenters. The van der Waals surface area contributed by atoms with Crippen LogP contribution in [0.2, 0.25) is 0 Å². The summed E-state index contributed by atoms with van der Waals surface area (Å²) in [4.78, 5) is 38.0. The minimum absolute atomic E-state index is 0.0766. The van der Waals surface area contributed by atoms with Gasteiger partial charge in [0.05, 0.1) is 5.69 Å². The number of hydrogen-bond acceptors (Lipinski definition) is 9. The van der Waals surface area contributed by atoms with Crippen LogP contribution < -0.4 is 4.90 Å². The van der Waals surface area contributed by atoms with Gasteiger partial charge >= 0.3 is 18.3 Å². The van der Waals surface area contributed by atoms with Gasteiger partial charge in [0, 0.05) is 11.5 Å². The van der Waals surface area contributed by atoms with Gasteiger partial charge in [0.25, 0.3) is 0 Å². The number of rotatable bonds is 4. The van der Waals surface area contributed by atoms with Crippen molar-refractivity contribution in [2.24, 2.45) is 0 Å². The third-order valence-electron chi connectivity index (χ3n) is 3.50. The predicted octanol–water partition coefficient (Wildman–Crippen LogP) is 5.58. The second-order valence-corrected chi connectivity index (χ2v) is 11.0. The first-order valence-corrected chi connectivity index (χ1v) is 10.3. The lowest BCUT2D eigenvalue weighted by Crippen LogP contribution is -2.43. The molecule has 32 heavy (non-hydrogen) atoms. The Morgan fingerprint density at radius 2 is 1.25 bits per heavy atom. The van der Waals surface area contributed by atoms with E-state index < -0.39 is 40.6 Å². The Hall–Kier alpha value is -2.78. The molecule has 1 heterocycles. The topological polar surface area (TPSA) is 117 Å². The summed E-state index contributed by atoms with van der Waals surface area (Å²) in [5.74, 6) is -0.186. The van der Waals surface area contributed by atoms with Gasteiger partial charge in [-0.3, -0.25) is 0 Å². The maximum absolute atomic E-state index is 12.7. The summed E-state index contributed by atoms with van der Waals surface area (Å²) in [5, 5.41) is 3.95. The van der Waals surface area contributed by atoms with E-state index in [0.717, 1.165) is 0 Å². The number of ether oxygens (including phenoxy) is 4. The summed E-state index contributed by atoms with van der Waals surface area (Å²) in [6.45, 7) is 18.6. The molecular weight excluding hydrogens is 420 g/mol. The van der Waals surface area contributed by atoms with E-state index in [-0.39, 0.29) is 12.5 Å². The lowest BCUT2D eigenvalue weighted by molar-refractivity contribution is -0.0146. The molecule has 0 N–H and O–H groups in total. The van der Waals surface area contributed by atoms with Crippen LogP contribution in [-0.4, -0.2) is 46.9 Å². The van der Waals surface area contributed by atoms with Crippen molar-refractivity contribution in [2.75, 3.05) is 11.5 Å². The summed E-state index contributed by atoms with van der Waals surface area (Å²) in [7, 11) is 0. The van der Waals surface area contributed by atoms with Crippen molar-refractivity contribution in [3.63, 3.8) is 0 Å². The molecule has 0 bridgehead atoms. The summed E-state index contributed by atoms with van der Waals surface area (Å²) in [6, 6.07) is 1.40. The average Bonchev–Trinajstić information content (AvgIpc) is 2.98. The Kier molecular flexibility index (Phi) is 7.99. The summed E-state index contributed by atoms with van der Waals surface area (Å²) >= 11 is 0. The molecule has 0 spiro atoms. The fraction of sp³-hybridized carbons (Fsp3) is 0.727. The van der Waals surface area contributed by atoms with E-state index in [4.69, 9.17) is 23.5 Å². The second kappa shape index (κ2) is 9.38. The number of carbonyl (C=O) groups is 3. The second-order valence-electron chi connectivity index (χ2n) is 11.0. The quantitative estimate of drug-likeness (QED) is 0.422. The molecule has 1 rings (SSSR count). The minimum Gasteiger partial charge on any atom is -0.443 e. The highest BCUT2D eigenvalue weighted by Crippen LogP contribution is 2.29. The SMILES string of the molecule is CC(C)(C)OC(=O)OCC(C)(C)c1cc(N(C(=O)OC(C)(C)C)C(=O)OC(C)(C)C)on1. The Labute approximate surface area is 189 Å². The Morgan fingerprint density at radius 3 is 1.66 bits per heavy atom. The van der Waals surface area contributed by atoms with Crippen LogP contribution >= 0.6 is 0 Å². The highest BCUT2D eigenvalue weighted by atomic mass is 16.7. The van der Waals surface area contributed by atoms with E-state index >= 15 is 0 Å². The molecule has 0 radical (unpaired) electrons. The van der Waals surface area contributed by atoms with Crippen LogP contribution in [0.15, 0.2) is 10.6 Å². The van der Waals surface area contributed by atoms with Crippen molar-refractivity contribution < 1.29 is 37.9 Å². The Bertz CT molecular complexity index is 794. The number of aromatic nitrogens is 1. The van der Waals surface area contributed by atoms with Crippen molar-refractivity contribution in [3.05, 3.63) is 11.8 Å². The average molecular weight is 457 g/mol. The van der Waals surface area contributed by atoms with Gasteiger partial charge in [0.1, 0.15) is 23.4 Å². The number of amides is 2. The number of carbonyl (C=O) groups excluding carboxylic acids is 3. The molecule has 1 aromatic rings. The zero-order valence-electron chi connectivity index (χ0n) is 20.9. The van der Waals surface area contributed by atoms with Crippen LogP contribution in [0.4, 0.5) is 20.3 Å². The first-order chi connectivity index (χ1) is 14.2. The van der Waals surface area contributed by atoms with Gasteiger partial charge in [0.2, 0.25) is 5.88 Å². The Morgan fingerprint density at radius 1 is 0.812 bits per heavy atom. The molecule has 0 fully saturated rings. The Balaban J connectivity index is 3.12. The lowest BCUT2D eigenvalue weighted by Gasteiger charge is -2.27. The summed E-state index contributed by atoms with van der Waals surface area (Å²) in [5.41, 5.74) is -2.88. The monoisotopic (exact) mass is 456 g/mol. The molecule has 0 saturated heterocycles. The number of imide groups is 1. The summed E-state index contributed by atoms with van der Waals surface area (Å²) in [6.07, 6.45) is -2.77. The molecule has 0 saturated carbocycles. The molecule has 182 valence electrons. The van der Waals surface area contributed by atoms with Gasteiger partial charge in [-0.1, -0.05) is 19.0 Å². The molecule has 0 aliphatic heterocycles. The van der Waals surface area contributed by atoms with Crippen LogP contribution in [-0.2, 0) is 24.4 Å². The summed E-state index contributed by atoms with van der Waals surface area (Å²) < 4.78 is 26.2. The van der Waals surface area contributed by atoms with Gasteiger partial charge in [-0.2, -0.15) is 0 Å². The predicted molar refractivity (Wildman–Crippen MR) is 117 cm³/mol. The molecule has 10 nitrogen and oxygen atoms in total. The maximum Gasteiger partial charge on any atom is 0.508 e. The van der Waals surface area contributed by atoms with Crippen molar-refractivity contribution in [2.45, 2.75) is 98.4 Å². The van der Waals surface area contributed by atoms with Gasteiger partial charge in [-0.05, 0) is 62.3 Å². The lowest BCUT2D eigenvalue weighted by atomic mass is 9.90. The molecule has 0 aliphatic carbocycles. The van der Waals surface area contributed by atoms with Crippen molar-refractivity contribution in [1.82, 2.24) is 5.16 Å². The van der Waals surface area contributed by atoms with Crippen molar-refractivity contribution >= 4 is 24.2 Å². The molecule has 0 unspecified atom stereocenters. The zero-order valence-corrected chi connectivity index (χ0v) is 20.9. The fourth-order valence-corrected chi connectivity index (χ4v) is 2.15. The van der Waals surface area contributed by atoms with Crippen LogP contribution in [0.5, 0.6) is 0 Å². The number of anilines is 1. The third-order valence-corrected chi connectivity index (χ3v) is 3.50. The normalized spacial score (nSPS) is 12.7. The zero-order chi connectivity index (χ0) is 25.1. The van der Waals surface area contributed by atoms with Gasteiger partial charge < -0.3 is 23.5 Å². The standard InChI is InChI=1S/C22H36N2O8/c1-19(2,3)29-16(25)24(17(26)30-20(4,5)6)15-12-14(23-32-15)22(10,11)13-28-18(27)31-21(7,8)9/h12H,13H2,1-11H3. The molecule has 0 aromatic carbocycles. The minimum atomic E-state index is -0.975. The molecule has 1 aromatic heterocycles. The van der Waals surface area contributed by atoms with E-state index in [1.165, 1.54) is 6.07 Å². The van der Waals surface area contributed by atoms with E-state index in [2.05, 4.69) is 5.16 Å². The van der Waals surface area contributed by atoms with E-state index in [1.54, 1.807) is 76.2 Å². The van der Waals surface area contributed by atoms with Crippen LogP contribution in [0, 0.1) is 0 Å². The molecule has 0 aliphatic rings. The molecular formula is C22H36N2O8. The molecule has 10 heteroatoms. The highest BCUT2D eigenvalue weighted by molar-refractivity contribution is 6.08. The van der Waals surface area contributed by atoms with Gasteiger partial charge in [-0.25, -0.2) is 14.4 Å². The number of hydrogen-bond donors (Lipinski definition) is 0. The van der Waals surface area contributed by atoms with Crippen molar-refractivity contribution in [3.8, 4) is 0 Å². The maximum atomic E-state index is 12.7. The van der Waals surface area contributed by atoms with E-state index in [9.17, 15) is 14.4 Å². The fourth-order valence-electron chi connectivity index (χ4n) is 2.15. The number of nitrogens with zero attached hydrogens (tertiary/aromatic N) is 2.